The van der Waals surface area contributed by atoms with Crippen molar-refractivity contribution < 1.29 is 14.6 Å². The van der Waals surface area contributed by atoms with Crippen molar-refractivity contribution in [1.29, 1.82) is 5.26 Å². The number of nitriles is 1. The van der Waals surface area contributed by atoms with E-state index in [0.29, 0.717) is 24.4 Å². The molecule has 6 heteroatoms. The van der Waals surface area contributed by atoms with Gasteiger partial charge in [0.25, 0.3) is 0 Å². The summed E-state index contributed by atoms with van der Waals surface area (Å²) < 4.78 is 5.23. The monoisotopic (exact) mass is 289 g/mol. The molecule has 1 heterocycles. The standard InChI is InChI=1S/C15H19N3O3/c1-10-8-17(9-11(2)18(10)15(19)20)13-5-4-12(7-16)14(6-13)21-3/h4-6,10-11H,8-9H2,1-3H3,(H,19,20)/t10-,11+. The van der Waals surface area contributed by atoms with Gasteiger partial charge in [-0.3, -0.25) is 4.90 Å². The molecule has 1 saturated heterocycles. The fourth-order valence-electron chi connectivity index (χ4n) is 2.88. The molecule has 0 unspecified atom stereocenters. The Morgan fingerprint density at radius 2 is 2.00 bits per heavy atom. The number of carboxylic acid groups (broad SMARTS) is 1. The van der Waals surface area contributed by atoms with Crippen LogP contribution in [0.3, 0.4) is 0 Å². The third kappa shape index (κ3) is 2.87. The van der Waals surface area contributed by atoms with Crippen LogP contribution in [0.2, 0.25) is 0 Å². The van der Waals surface area contributed by atoms with Crippen LogP contribution in [-0.4, -0.2) is 48.4 Å². The number of amides is 1. The number of anilines is 1. The smallest absolute Gasteiger partial charge is 0.407 e. The van der Waals surface area contributed by atoms with Gasteiger partial charge < -0.3 is 14.7 Å². The molecule has 2 rings (SSSR count). The zero-order valence-corrected chi connectivity index (χ0v) is 12.4. The summed E-state index contributed by atoms with van der Waals surface area (Å²) in [5, 5.41) is 18.3. The average Bonchev–Trinajstić information content (AvgIpc) is 2.45. The molecule has 1 amide bonds. The molecular formula is C15H19N3O3. The predicted molar refractivity (Wildman–Crippen MR) is 78.7 cm³/mol. The van der Waals surface area contributed by atoms with Crippen molar-refractivity contribution >= 4 is 11.8 Å². The van der Waals surface area contributed by atoms with Crippen molar-refractivity contribution in [3.05, 3.63) is 23.8 Å². The maximum atomic E-state index is 11.3. The van der Waals surface area contributed by atoms with Crippen molar-refractivity contribution in [2.75, 3.05) is 25.1 Å². The van der Waals surface area contributed by atoms with Crippen molar-refractivity contribution in [2.24, 2.45) is 0 Å². The van der Waals surface area contributed by atoms with Crippen molar-refractivity contribution in [2.45, 2.75) is 25.9 Å². The topological polar surface area (TPSA) is 76.8 Å². The number of nitrogens with zero attached hydrogens (tertiary/aromatic N) is 3. The minimum atomic E-state index is -0.882. The van der Waals surface area contributed by atoms with Crippen molar-refractivity contribution in [1.82, 2.24) is 4.90 Å². The highest BCUT2D eigenvalue weighted by Gasteiger charge is 2.32. The normalized spacial score (nSPS) is 21.8. The van der Waals surface area contributed by atoms with E-state index in [4.69, 9.17) is 10.00 Å². The first-order valence-corrected chi connectivity index (χ1v) is 6.82. The molecule has 1 aromatic carbocycles. The summed E-state index contributed by atoms with van der Waals surface area (Å²) in [6, 6.07) is 7.34. The lowest BCUT2D eigenvalue weighted by Gasteiger charge is -2.44. The van der Waals surface area contributed by atoms with Gasteiger partial charge in [-0.25, -0.2) is 4.79 Å². The third-order valence-corrected chi connectivity index (χ3v) is 3.81. The molecule has 0 saturated carbocycles. The first kappa shape index (κ1) is 15.0. The molecule has 0 radical (unpaired) electrons. The second kappa shape index (κ2) is 5.92. The summed E-state index contributed by atoms with van der Waals surface area (Å²) in [6.45, 7) is 5.03. The number of benzene rings is 1. The Kier molecular flexibility index (Phi) is 4.22. The SMILES string of the molecule is COc1cc(N2C[C@@H](C)N(C(=O)O)[C@@H](C)C2)ccc1C#N. The molecule has 6 nitrogen and oxygen atoms in total. The lowest BCUT2D eigenvalue weighted by Crippen LogP contribution is -2.58. The highest BCUT2D eigenvalue weighted by Crippen LogP contribution is 2.28. The van der Waals surface area contributed by atoms with Gasteiger partial charge in [-0.2, -0.15) is 5.26 Å². The van der Waals surface area contributed by atoms with Crippen molar-refractivity contribution in [3.63, 3.8) is 0 Å². The molecular weight excluding hydrogens is 270 g/mol. The maximum Gasteiger partial charge on any atom is 0.407 e. The first-order chi connectivity index (χ1) is 9.97. The Bertz CT molecular complexity index is 570. The van der Waals surface area contributed by atoms with Gasteiger partial charge in [0.15, 0.2) is 0 Å². The Balaban J connectivity index is 2.24. The van der Waals surface area contributed by atoms with E-state index in [1.54, 1.807) is 6.07 Å². The van der Waals surface area contributed by atoms with Gasteiger partial charge in [0.1, 0.15) is 11.8 Å². The van der Waals surface area contributed by atoms with Crippen LogP contribution in [0.15, 0.2) is 18.2 Å². The summed E-state index contributed by atoms with van der Waals surface area (Å²) >= 11 is 0. The van der Waals surface area contributed by atoms with Crippen LogP contribution < -0.4 is 9.64 Å². The van der Waals surface area contributed by atoms with E-state index in [1.807, 2.05) is 26.0 Å². The van der Waals surface area contributed by atoms with Crippen LogP contribution in [0.1, 0.15) is 19.4 Å². The molecule has 1 aliphatic rings. The molecule has 0 bridgehead atoms. The van der Waals surface area contributed by atoms with E-state index in [1.165, 1.54) is 12.0 Å². The van der Waals surface area contributed by atoms with E-state index in [2.05, 4.69) is 11.0 Å². The van der Waals surface area contributed by atoms with E-state index >= 15 is 0 Å². The summed E-state index contributed by atoms with van der Waals surface area (Å²) in [5.74, 6) is 0.538. The zero-order chi connectivity index (χ0) is 15.6. The maximum absolute atomic E-state index is 11.3. The van der Waals surface area contributed by atoms with Gasteiger partial charge in [0, 0.05) is 24.8 Å². The second-order valence-corrected chi connectivity index (χ2v) is 5.29. The second-order valence-electron chi connectivity index (χ2n) is 5.29. The molecule has 0 aromatic heterocycles. The number of hydrogen-bond acceptors (Lipinski definition) is 4. The number of carbonyl (C=O) groups is 1. The molecule has 2 atom stereocenters. The fourth-order valence-corrected chi connectivity index (χ4v) is 2.88. The van der Waals surface area contributed by atoms with Gasteiger partial charge in [-0.1, -0.05) is 0 Å². The highest BCUT2D eigenvalue weighted by atomic mass is 16.5. The van der Waals surface area contributed by atoms with E-state index in [-0.39, 0.29) is 12.1 Å². The number of methoxy groups -OCH3 is 1. The minimum absolute atomic E-state index is 0.0899. The van der Waals surface area contributed by atoms with Gasteiger partial charge in [-0.15, -0.1) is 0 Å². The molecule has 112 valence electrons. The number of hydrogen-bond donors (Lipinski definition) is 1. The Morgan fingerprint density at radius 3 is 2.48 bits per heavy atom. The van der Waals surface area contributed by atoms with E-state index in [0.717, 1.165) is 5.69 Å². The number of ether oxygens (including phenoxy) is 1. The quantitative estimate of drug-likeness (QED) is 0.902. The Labute approximate surface area is 124 Å². The molecule has 1 aliphatic heterocycles. The highest BCUT2D eigenvalue weighted by molar-refractivity contribution is 5.67. The fraction of sp³-hybridized carbons (Fsp3) is 0.467. The lowest BCUT2D eigenvalue weighted by molar-refractivity contribution is 0.0982. The van der Waals surface area contributed by atoms with E-state index in [9.17, 15) is 9.90 Å². The van der Waals surface area contributed by atoms with Gasteiger partial charge in [0.2, 0.25) is 0 Å². The summed E-state index contributed by atoms with van der Waals surface area (Å²) in [4.78, 5) is 14.9. The third-order valence-electron chi connectivity index (χ3n) is 3.81. The predicted octanol–water partition coefficient (Wildman–Crippen LogP) is 2.14. The van der Waals surface area contributed by atoms with Crippen LogP contribution in [0.4, 0.5) is 10.5 Å². The summed E-state index contributed by atoms with van der Waals surface area (Å²) in [7, 11) is 1.54. The van der Waals surface area contributed by atoms with Gasteiger partial charge >= 0.3 is 6.09 Å². The van der Waals surface area contributed by atoms with Crippen LogP contribution in [0.5, 0.6) is 5.75 Å². The molecule has 1 aromatic rings. The lowest BCUT2D eigenvalue weighted by atomic mass is 10.1. The van der Waals surface area contributed by atoms with Gasteiger partial charge in [-0.05, 0) is 26.0 Å². The van der Waals surface area contributed by atoms with Gasteiger partial charge in [0.05, 0.1) is 24.8 Å². The van der Waals surface area contributed by atoms with Crippen LogP contribution in [-0.2, 0) is 0 Å². The molecule has 1 N–H and O–H groups in total. The summed E-state index contributed by atoms with van der Waals surface area (Å²) in [5.41, 5.74) is 1.43. The summed E-state index contributed by atoms with van der Waals surface area (Å²) in [6.07, 6.45) is -0.882. The molecule has 0 spiro atoms. The zero-order valence-electron chi connectivity index (χ0n) is 12.4. The first-order valence-electron chi connectivity index (χ1n) is 6.82. The largest absolute Gasteiger partial charge is 0.495 e. The number of rotatable bonds is 2. The van der Waals surface area contributed by atoms with Crippen molar-refractivity contribution in [3.8, 4) is 11.8 Å². The minimum Gasteiger partial charge on any atom is -0.495 e. The molecule has 0 aliphatic carbocycles. The Morgan fingerprint density at radius 1 is 1.38 bits per heavy atom. The van der Waals surface area contributed by atoms with Crippen LogP contribution >= 0.6 is 0 Å². The molecule has 21 heavy (non-hydrogen) atoms. The van der Waals surface area contributed by atoms with Crippen LogP contribution in [0, 0.1) is 11.3 Å². The molecule has 1 fully saturated rings. The number of piperazine rings is 1. The van der Waals surface area contributed by atoms with Crippen LogP contribution in [0.25, 0.3) is 0 Å². The average molecular weight is 289 g/mol. The Hall–Kier alpha value is -2.42. The van der Waals surface area contributed by atoms with E-state index < -0.39 is 6.09 Å².